The molecular weight excluding hydrogens is 356 g/mol. The maximum Gasteiger partial charge on any atom is 0.318 e. The van der Waals surface area contributed by atoms with Crippen LogP contribution in [0.5, 0.6) is 0 Å². The van der Waals surface area contributed by atoms with Crippen LogP contribution < -0.4 is 5.32 Å². The quantitative estimate of drug-likeness (QED) is 0.797. The van der Waals surface area contributed by atoms with Gasteiger partial charge in [-0.3, -0.25) is 0 Å². The second-order valence-electron chi connectivity index (χ2n) is 6.54. The summed E-state index contributed by atoms with van der Waals surface area (Å²) in [4.78, 5) is 15.6. The van der Waals surface area contributed by atoms with Crippen LogP contribution in [-0.4, -0.2) is 39.8 Å². The van der Waals surface area contributed by atoms with E-state index >= 15 is 0 Å². The Morgan fingerprint density at radius 3 is 3.08 bits per heavy atom. The Bertz CT molecular complexity index is 666. The highest BCUT2D eigenvalue weighted by Crippen LogP contribution is 2.20. The number of aromatic nitrogens is 2. The van der Waals surface area contributed by atoms with Crippen molar-refractivity contribution >= 4 is 28.9 Å². The molecule has 1 fully saturated rings. The first-order valence-corrected chi connectivity index (χ1v) is 10.3. The molecule has 0 aromatic carbocycles. The summed E-state index contributed by atoms with van der Waals surface area (Å²) >= 11 is 3.00. The Hall–Kier alpha value is -1.51. The zero-order valence-electron chi connectivity index (χ0n) is 14.6. The number of carbonyl (C=O) groups is 1. The molecule has 3 heterocycles. The summed E-state index contributed by atoms with van der Waals surface area (Å²) in [5, 5.41) is 11.3. The molecule has 0 spiro atoms. The number of thiophene rings is 1. The van der Waals surface area contributed by atoms with Gasteiger partial charge in [0.25, 0.3) is 0 Å². The van der Waals surface area contributed by atoms with E-state index in [2.05, 4.69) is 40.2 Å². The summed E-state index contributed by atoms with van der Waals surface area (Å²) in [6.45, 7) is 6.66. The molecule has 1 atom stereocenters. The van der Waals surface area contributed by atoms with Crippen molar-refractivity contribution in [3.63, 3.8) is 0 Å². The van der Waals surface area contributed by atoms with E-state index in [1.165, 1.54) is 11.5 Å². The van der Waals surface area contributed by atoms with Gasteiger partial charge in [-0.15, -0.1) is 5.10 Å². The molecule has 1 aliphatic heterocycles. The molecule has 2 aromatic rings. The van der Waals surface area contributed by atoms with Crippen molar-refractivity contribution in [1.82, 2.24) is 19.8 Å². The largest absolute Gasteiger partial charge is 0.376 e. The lowest BCUT2D eigenvalue weighted by Gasteiger charge is -2.25. The van der Waals surface area contributed by atoms with Crippen LogP contribution in [0.25, 0.3) is 0 Å². The minimum Gasteiger partial charge on any atom is -0.376 e. The minimum atomic E-state index is -0.0650. The molecule has 8 heteroatoms. The van der Waals surface area contributed by atoms with Gasteiger partial charge in [-0.2, -0.15) is 11.3 Å². The van der Waals surface area contributed by atoms with E-state index in [1.54, 1.807) is 11.3 Å². The Labute approximate surface area is 156 Å². The van der Waals surface area contributed by atoms with Crippen LogP contribution in [0, 0.1) is 0 Å². The third-order valence-electron chi connectivity index (χ3n) is 4.22. The van der Waals surface area contributed by atoms with Gasteiger partial charge in [0.15, 0.2) is 0 Å². The topological polar surface area (TPSA) is 67.4 Å². The van der Waals surface area contributed by atoms with Crippen LogP contribution >= 0.6 is 22.9 Å². The van der Waals surface area contributed by atoms with Gasteiger partial charge in [-0.1, -0.05) is 18.3 Å². The smallest absolute Gasteiger partial charge is 0.318 e. The lowest BCUT2D eigenvalue weighted by molar-refractivity contribution is 0.0794. The number of ether oxygens (including phenoxy) is 1. The van der Waals surface area contributed by atoms with Crippen molar-refractivity contribution in [1.29, 1.82) is 0 Å². The number of carbonyl (C=O) groups excluding carboxylic acids is 1. The highest BCUT2D eigenvalue weighted by atomic mass is 32.1. The molecule has 3 rings (SSSR count). The molecule has 1 saturated heterocycles. The van der Waals surface area contributed by atoms with E-state index in [0.29, 0.717) is 25.6 Å². The molecule has 6 nitrogen and oxygen atoms in total. The van der Waals surface area contributed by atoms with Gasteiger partial charge in [0.1, 0.15) is 0 Å². The van der Waals surface area contributed by atoms with Gasteiger partial charge in [-0.05, 0) is 52.7 Å². The highest BCUT2D eigenvalue weighted by molar-refractivity contribution is 7.08. The first-order chi connectivity index (χ1) is 12.1. The molecule has 25 heavy (non-hydrogen) atoms. The van der Waals surface area contributed by atoms with Crippen molar-refractivity contribution < 1.29 is 9.53 Å². The minimum absolute atomic E-state index is 0.0650. The van der Waals surface area contributed by atoms with Crippen molar-refractivity contribution in [3.8, 4) is 0 Å². The predicted molar refractivity (Wildman–Crippen MR) is 99.9 cm³/mol. The van der Waals surface area contributed by atoms with E-state index in [9.17, 15) is 4.79 Å². The zero-order chi connectivity index (χ0) is 17.6. The molecule has 0 bridgehead atoms. The van der Waals surface area contributed by atoms with Crippen LogP contribution in [0.1, 0.15) is 48.7 Å². The molecule has 0 radical (unpaired) electrons. The maximum atomic E-state index is 12.8. The first-order valence-electron chi connectivity index (χ1n) is 8.60. The molecule has 136 valence electrons. The first kappa shape index (κ1) is 18.3. The monoisotopic (exact) mass is 380 g/mol. The van der Waals surface area contributed by atoms with E-state index < -0.39 is 0 Å². The van der Waals surface area contributed by atoms with Gasteiger partial charge in [0.05, 0.1) is 23.2 Å². The molecule has 2 amide bonds. The molecule has 1 N–H and O–H groups in total. The number of hydrogen-bond donors (Lipinski definition) is 1. The second kappa shape index (κ2) is 8.73. The summed E-state index contributed by atoms with van der Waals surface area (Å²) < 4.78 is 9.74. The number of hydrogen-bond acceptors (Lipinski definition) is 6. The van der Waals surface area contributed by atoms with Gasteiger partial charge >= 0.3 is 6.03 Å². The Balaban J connectivity index is 1.62. The Morgan fingerprint density at radius 2 is 2.40 bits per heavy atom. The lowest BCUT2D eigenvalue weighted by atomic mass is 10.1. The number of nitrogens with one attached hydrogen (secondary N) is 1. The van der Waals surface area contributed by atoms with Crippen LogP contribution in [-0.2, 0) is 17.8 Å². The van der Waals surface area contributed by atoms with Gasteiger partial charge < -0.3 is 15.0 Å². The third kappa shape index (κ3) is 4.99. The highest BCUT2D eigenvalue weighted by Gasteiger charge is 2.23. The Morgan fingerprint density at radius 1 is 1.52 bits per heavy atom. The van der Waals surface area contributed by atoms with Gasteiger partial charge in [0.2, 0.25) is 0 Å². The molecule has 0 unspecified atom stereocenters. The van der Waals surface area contributed by atoms with E-state index in [4.69, 9.17) is 4.74 Å². The van der Waals surface area contributed by atoms with Crippen LogP contribution in [0.3, 0.4) is 0 Å². The van der Waals surface area contributed by atoms with E-state index in [1.807, 2.05) is 10.3 Å². The normalized spacial score (nSPS) is 17.2. The molecule has 1 aliphatic rings. The summed E-state index contributed by atoms with van der Waals surface area (Å²) in [5.74, 6) is 0.305. The van der Waals surface area contributed by atoms with Crippen molar-refractivity contribution in [2.75, 3.05) is 13.2 Å². The number of amides is 2. The average Bonchev–Trinajstić information content (AvgIpc) is 3.34. The average molecular weight is 381 g/mol. The predicted octanol–water partition coefficient (Wildman–Crippen LogP) is 3.61. The van der Waals surface area contributed by atoms with E-state index in [0.717, 1.165) is 35.6 Å². The SMILES string of the molecule is CC(C)c1nnsc1CNC(=O)N(Cc1ccsc1)C[C@H]1CCCO1. The fraction of sp³-hybridized carbons (Fsp3) is 0.588. The zero-order valence-corrected chi connectivity index (χ0v) is 16.2. The van der Waals surface area contributed by atoms with Crippen LogP contribution in [0.4, 0.5) is 4.79 Å². The Kier molecular flexibility index (Phi) is 6.39. The number of rotatable bonds is 7. The summed E-state index contributed by atoms with van der Waals surface area (Å²) in [6.07, 6.45) is 2.23. The summed E-state index contributed by atoms with van der Waals surface area (Å²) in [6, 6.07) is 1.99. The molecular formula is C17H24N4O2S2. The number of urea groups is 1. The summed E-state index contributed by atoms with van der Waals surface area (Å²) in [7, 11) is 0. The van der Waals surface area contributed by atoms with Gasteiger partial charge in [0, 0.05) is 19.7 Å². The molecule has 0 aliphatic carbocycles. The fourth-order valence-corrected chi connectivity index (χ4v) is 4.29. The van der Waals surface area contributed by atoms with Gasteiger partial charge in [-0.25, -0.2) is 4.79 Å². The lowest BCUT2D eigenvalue weighted by Crippen LogP contribution is -2.43. The fourth-order valence-electron chi connectivity index (χ4n) is 2.90. The van der Waals surface area contributed by atoms with Crippen LogP contribution in [0.2, 0.25) is 0 Å². The molecule has 0 saturated carbocycles. The number of nitrogens with zero attached hydrogens (tertiary/aromatic N) is 3. The van der Waals surface area contributed by atoms with Crippen molar-refractivity contribution in [3.05, 3.63) is 33.0 Å². The second-order valence-corrected chi connectivity index (χ2v) is 8.16. The summed E-state index contributed by atoms with van der Waals surface area (Å²) in [5.41, 5.74) is 2.12. The van der Waals surface area contributed by atoms with E-state index in [-0.39, 0.29) is 12.1 Å². The van der Waals surface area contributed by atoms with Crippen molar-refractivity contribution in [2.24, 2.45) is 0 Å². The standard InChI is InChI=1S/C17H24N4O2S2/c1-12(2)16-15(25-20-19-16)8-18-17(22)21(9-13-5-7-24-11-13)10-14-4-3-6-23-14/h5,7,11-12,14H,3-4,6,8-10H2,1-2H3,(H,18,22)/t14-/m1/s1. The maximum absolute atomic E-state index is 12.8. The van der Waals surface area contributed by atoms with Crippen LogP contribution in [0.15, 0.2) is 16.8 Å². The molecule has 2 aromatic heterocycles. The van der Waals surface area contributed by atoms with Crippen molar-refractivity contribution in [2.45, 2.75) is 51.8 Å². The third-order valence-corrected chi connectivity index (χ3v) is 5.69.